The lowest BCUT2D eigenvalue weighted by Gasteiger charge is -2.14. The Bertz CT molecular complexity index is 1230. The Morgan fingerprint density at radius 3 is 2.70 bits per heavy atom. The fourth-order valence-corrected chi connectivity index (χ4v) is 4.55. The summed E-state index contributed by atoms with van der Waals surface area (Å²) in [7, 11) is 0. The number of rotatable bonds is 5. The minimum absolute atomic E-state index is 0.189. The highest BCUT2D eigenvalue weighted by Gasteiger charge is 2.13. The van der Waals surface area contributed by atoms with Crippen molar-refractivity contribution >= 4 is 57.5 Å². The molecule has 1 amide bonds. The van der Waals surface area contributed by atoms with Crippen molar-refractivity contribution in [3.8, 4) is 0 Å². The molecule has 0 saturated heterocycles. The maximum Gasteiger partial charge on any atom is 0.257 e. The van der Waals surface area contributed by atoms with E-state index in [-0.39, 0.29) is 5.91 Å². The third-order valence-electron chi connectivity index (χ3n) is 4.63. The highest BCUT2D eigenvalue weighted by Crippen LogP contribution is 2.36. The molecule has 4 nitrogen and oxygen atoms in total. The molecule has 0 aliphatic carbocycles. The summed E-state index contributed by atoms with van der Waals surface area (Å²) >= 11 is 14.0. The SMILES string of the molecule is Cc1cccc(NC(=O)c2cccnc2)c1SCc1ccnc2cc(Cl)c(Cl)cc12. The van der Waals surface area contributed by atoms with Crippen LogP contribution < -0.4 is 5.32 Å². The molecule has 30 heavy (non-hydrogen) atoms. The summed E-state index contributed by atoms with van der Waals surface area (Å²) in [6, 6.07) is 15.0. The third-order valence-corrected chi connectivity index (χ3v) is 6.64. The van der Waals surface area contributed by atoms with Crippen LogP contribution in [0.5, 0.6) is 0 Å². The van der Waals surface area contributed by atoms with Gasteiger partial charge in [0.15, 0.2) is 0 Å². The fourth-order valence-electron chi connectivity index (χ4n) is 3.11. The van der Waals surface area contributed by atoms with Gasteiger partial charge in [-0.3, -0.25) is 14.8 Å². The summed E-state index contributed by atoms with van der Waals surface area (Å²) in [6.45, 7) is 2.03. The average Bonchev–Trinajstić information content (AvgIpc) is 2.75. The quantitative estimate of drug-likeness (QED) is 0.338. The smallest absolute Gasteiger partial charge is 0.257 e. The Morgan fingerprint density at radius 1 is 1.07 bits per heavy atom. The van der Waals surface area contributed by atoms with E-state index in [0.717, 1.165) is 32.6 Å². The van der Waals surface area contributed by atoms with E-state index in [9.17, 15) is 4.79 Å². The van der Waals surface area contributed by atoms with E-state index in [0.29, 0.717) is 21.4 Å². The van der Waals surface area contributed by atoms with Crippen LogP contribution in [0.4, 0.5) is 5.69 Å². The normalized spacial score (nSPS) is 10.9. The second-order valence-corrected chi connectivity index (χ2v) is 8.49. The molecule has 7 heteroatoms. The molecule has 0 fully saturated rings. The number of amides is 1. The van der Waals surface area contributed by atoms with Crippen molar-refractivity contribution in [2.45, 2.75) is 17.6 Å². The number of halogens is 2. The third kappa shape index (κ3) is 4.43. The van der Waals surface area contributed by atoms with Gasteiger partial charge in [-0.25, -0.2) is 0 Å². The van der Waals surface area contributed by atoms with Crippen LogP contribution in [-0.2, 0) is 5.75 Å². The van der Waals surface area contributed by atoms with Crippen LogP contribution in [0.1, 0.15) is 21.5 Å². The summed E-state index contributed by atoms with van der Waals surface area (Å²) in [5.74, 6) is 0.503. The second kappa shape index (κ2) is 9.04. The number of nitrogens with zero attached hydrogens (tertiary/aromatic N) is 2. The molecule has 0 spiro atoms. The van der Waals surface area contributed by atoms with Crippen LogP contribution in [0.15, 0.2) is 72.0 Å². The van der Waals surface area contributed by atoms with Crippen molar-refractivity contribution in [1.82, 2.24) is 9.97 Å². The summed E-state index contributed by atoms with van der Waals surface area (Å²) in [5.41, 5.74) is 4.27. The van der Waals surface area contributed by atoms with E-state index < -0.39 is 0 Å². The number of nitrogens with one attached hydrogen (secondary N) is 1. The molecular weight excluding hydrogens is 437 g/mol. The number of thioether (sulfide) groups is 1. The number of aromatic nitrogens is 2. The average molecular weight is 454 g/mol. The number of pyridine rings is 2. The Balaban J connectivity index is 1.61. The first-order chi connectivity index (χ1) is 14.5. The standard InChI is InChI=1S/C23H17Cl2N3OS/c1-14-4-2-6-20(28-23(29)15-5-3-8-26-12-15)22(14)30-13-16-7-9-27-21-11-19(25)18(24)10-17(16)21/h2-12H,13H2,1H3,(H,28,29). The Hall–Kier alpha value is -2.60. The van der Waals surface area contributed by atoms with E-state index in [2.05, 4.69) is 15.3 Å². The number of benzene rings is 2. The molecule has 0 aliphatic heterocycles. The maximum absolute atomic E-state index is 12.6. The van der Waals surface area contributed by atoms with Crippen molar-refractivity contribution in [2.24, 2.45) is 0 Å². The lowest BCUT2D eigenvalue weighted by atomic mass is 10.1. The van der Waals surface area contributed by atoms with E-state index in [1.54, 1.807) is 48.6 Å². The van der Waals surface area contributed by atoms with Gasteiger partial charge in [0.05, 0.1) is 26.8 Å². The van der Waals surface area contributed by atoms with Crippen molar-refractivity contribution in [3.05, 3.63) is 93.9 Å². The molecule has 1 N–H and O–H groups in total. The minimum Gasteiger partial charge on any atom is -0.321 e. The highest BCUT2D eigenvalue weighted by molar-refractivity contribution is 7.98. The number of carbonyl (C=O) groups excluding carboxylic acids is 1. The van der Waals surface area contributed by atoms with Crippen molar-refractivity contribution in [3.63, 3.8) is 0 Å². The summed E-state index contributed by atoms with van der Waals surface area (Å²) in [4.78, 5) is 22.0. The Morgan fingerprint density at radius 2 is 1.90 bits per heavy atom. The van der Waals surface area contributed by atoms with Crippen LogP contribution in [0.3, 0.4) is 0 Å². The topological polar surface area (TPSA) is 54.9 Å². The summed E-state index contributed by atoms with van der Waals surface area (Å²) in [6.07, 6.45) is 4.96. The van der Waals surface area contributed by atoms with Gasteiger partial charge < -0.3 is 5.32 Å². The molecule has 2 heterocycles. The lowest BCUT2D eigenvalue weighted by molar-refractivity contribution is 0.102. The van der Waals surface area contributed by atoms with Crippen LogP contribution in [0, 0.1) is 6.92 Å². The monoisotopic (exact) mass is 453 g/mol. The number of hydrogen-bond acceptors (Lipinski definition) is 4. The molecule has 0 atom stereocenters. The molecule has 2 aromatic heterocycles. The summed E-state index contributed by atoms with van der Waals surface area (Å²) in [5, 5.41) is 4.96. The molecule has 0 unspecified atom stereocenters. The number of carbonyl (C=O) groups is 1. The molecule has 4 aromatic rings. The number of fused-ring (bicyclic) bond motifs is 1. The number of hydrogen-bond donors (Lipinski definition) is 1. The molecule has 0 saturated carbocycles. The van der Waals surface area contributed by atoms with Crippen LogP contribution in [-0.4, -0.2) is 15.9 Å². The zero-order chi connectivity index (χ0) is 21.1. The van der Waals surface area contributed by atoms with E-state index in [1.807, 2.05) is 37.3 Å². The van der Waals surface area contributed by atoms with Crippen molar-refractivity contribution in [1.29, 1.82) is 0 Å². The number of aryl methyl sites for hydroxylation is 1. The second-order valence-electron chi connectivity index (χ2n) is 6.69. The van der Waals surface area contributed by atoms with Gasteiger partial charge in [-0.1, -0.05) is 35.3 Å². The maximum atomic E-state index is 12.6. The van der Waals surface area contributed by atoms with E-state index in [4.69, 9.17) is 23.2 Å². The van der Waals surface area contributed by atoms with Crippen LogP contribution in [0.2, 0.25) is 10.0 Å². The predicted octanol–water partition coefficient (Wildman–Crippen LogP) is 6.79. The van der Waals surface area contributed by atoms with Crippen LogP contribution >= 0.6 is 35.0 Å². The molecular formula is C23H17Cl2N3OS. The van der Waals surface area contributed by atoms with Gasteiger partial charge in [0.2, 0.25) is 0 Å². The van der Waals surface area contributed by atoms with Crippen molar-refractivity contribution in [2.75, 3.05) is 5.32 Å². The van der Waals surface area contributed by atoms with Gasteiger partial charge >= 0.3 is 0 Å². The molecule has 0 bridgehead atoms. The highest BCUT2D eigenvalue weighted by atomic mass is 35.5. The van der Waals surface area contributed by atoms with Crippen molar-refractivity contribution < 1.29 is 4.79 Å². The van der Waals surface area contributed by atoms with Gasteiger partial charge in [0, 0.05) is 34.6 Å². The first-order valence-electron chi connectivity index (χ1n) is 9.19. The molecule has 4 rings (SSSR count). The molecule has 150 valence electrons. The van der Waals surface area contributed by atoms with E-state index >= 15 is 0 Å². The van der Waals surface area contributed by atoms with Gasteiger partial charge in [-0.2, -0.15) is 0 Å². The number of anilines is 1. The Kier molecular flexibility index (Phi) is 6.23. The Labute approximate surface area is 188 Å². The minimum atomic E-state index is -0.189. The summed E-state index contributed by atoms with van der Waals surface area (Å²) < 4.78 is 0. The zero-order valence-electron chi connectivity index (χ0n) is 16.0. The first-order valence-corrected chi connectivity index (χ1v) is 10.9. The van der Waals surface area contributed by atoms with Gasteiger partial charge in [-0.05, 0) is 54.4 Å². The van der Waals surface area contributed by atoms with Gasteiger partial charge in [-0.15, -0.1) is 11.8 Å². The van der Waals surface area contributed by atoms with E-state index in [1.165, 1.54) is 0 Å². The lowest BCUT2D eigenvalue weighted by Crippen LogP contribution is -2.13. The fraction of sp³-hybridized carbons (Fsp3) is 0.0870. The first kappa shape index (κ1) is 20.7. The van der Waals surface area contributed by atoms with Gasteiger partial charge in [0.1, 0.15) is 0 Å². The largest absolute Gasteiger partial charge is 0.321 e. The predicted molar refractivity (Wildman–Crippen MR) is 125 cm³/mol. The zero-order valence-corrected chi connectivity index (χ0v) is 18.4. The molecule has 0 radical (unpaired) electrons. The molecule has 0 aliphatic rings. The molecule has 2 aromatic carbocycles. The van der Waals surface area contributed by atoms with Gasteiger partial charge in [0.25, 0.3) is 5.91 Å². The van der Waals surface area contributed by atoms with Crippen LogP contribution in [0.25, 0.3) is 10.9 Å².